The van der Waals surface area contributed by atoms with Gasteiger partial charge in [-0.2, -0.15) is 4.80 Å². The smallest absolute Gasteiger partial charge is 0.188 e. The van der Waals surface area contributed by atoms with E-state index in [9.17, 15) is 0 Å². The maximum atomic E-state index is 4.32. The minimum atomic E-state index is 0.343. The molecule has 18 heavy (non-hydrogen) atoms. The minimum Gasteiger partial charge on any atom is -0.314 e. The number of tetrazole rings is 1. The number of piperazine rings is 1. The van der Waals surface area contributed by atoms with Crippen LogP contribution in [0.15, 0.2) is 0 Å². The topological polar surface area (TPSA) is 58.9 Å². The summed E-state index contributed by atoms with van der Waals surface area (Å²) < 4.78 is 0. The molecule has 1 spiro atoms. The van der Waals surface area contributed by atoms with Gasteiger partial charge in [-0.25, -0.2) is 0 Å². The van der Waals surface area contributed by atoms with Gasteiger partial charge in [-0.15, -0.1) is 10.2 Å². The second kappa shape index (κ2) is 4.93. The summed E-state index contributed by atoms with van der Waals surface area (Å²) in [6.07, 6.45) is 6.71. The molecule has 0 amide bonds. The molecule has 1 aliphatic heterocycles. The van der Waals surface area contributed by atoms with Crippen molar-refractivity contribution < 1.29 is 0 Å². The fraction of sp³-hybridized carbons (Fsp3) is 0.917. The second-order valence-corrected chi connectivity index (χ2v) is 5.58. The predicted octanol–water partition coefficient (Wildman–Crippen LogP) is 0.318. The standard InChI is InChI=1S/C12H22N6/c1-17-15-11(14-16-17)9-18-8-7-13-10-12(18)5-3-2-4-6-12/h13H,2-10H2,1H3. The summed E-state index contributed by atoms with van der Waals surface area (Å²) in [7, 11) is 1.82. The molecule has 0 radical (unpaired) electrons. The average Bonchev–Trinajstić information content (AvgIpc) is 2.79. The van der Waals surface area contributed by atoms with Crippen molar-refractivity contribution in [1.82, 2.24) is 30.4 Å². The van der Waals surface area contributed by atoms with Crippen molar-refractivity contribution in [3.8, 4) is 0 Å². The maximum absolute atomic E-state index is 4.32. The number of hydrogen-bond acceptors (Lipinski definition) is 5. The summed E-state index contributed by atoms with van der Waals surface area (Å²) >= 11 is 0. The Bertz CT molecular complexity index is 387. The fourth-order valence-corrected chi connectivity index (χ4v) is 3.39. The molecule has 6 heteroatoms. The molecule has 2 fully saturated rings. The second-order valence-electron chi connectivity index (χ2n) is 5.58. The van der Waals surface area contributed by atoms with Crippen LogP contribution in [0.5, 0.6) is 0 Å². The molecule has 2 aliphatic rings. The van der Waals surface area contributed by atoms with Crippen LogP contribution in [0, 0.1) is 0 Å². The van der Waals surface area contributed by atoms with Crippen LogP contribution in [0.25, 0.3) is 0 Å². The van der Waals surface area contributed by atoms with Crippen LogP contribution in [0.4, 0.5) is 0 Å². The van der Waals surface area contributed by atoms with Gasteiger partial charge >= 0.3 is 0 Å². The van der Waals surface area contributed by atoms with Gasteiger partial charge in [-0.3, -0.25) is 4.90 Å². The highest BCUT2D eigenvalue weighted by molar-refractivity contribution is 4.99. The molecular formula is C12H22N6. The minimum absolute atomic E-state index is 0.343. The van der Waals surface area contributed by atoms with E-state index in [-0.39, 0.29) is 0 Å². The molecule has 0 bridgehead atoms. The molecule has 2 heterocycles. The molecule has 1 saturated heterocycles. The quantitative estimate of drug-likeness (QED) is 0.819. The highest BCUT2D eigenvalue weighted by Crippen LogP contribution is 2.35. The number of aryl methyl sites for hydroxylation is 1. The van der Waals surface area contributed by atoms with Crippen molar-refractivity contribution in [3.05, 3.63) is 5.82 Å². The van der Waals surface area contributed by atoms with Gasteiger partial charge in [0.05, 0.1) is 13.6 Å². The first kappa shape index (κ1) is 12.0. The van der Waals surface area contributed by atoms with E-state index in [4.69, 9.17) is 0 Å². The van der Waals surface area contributed by atoms with E-state index in [1.807, 2.05) is 7.05 Å². The Balaban J connectivity index is 1.75. The Morgan fingerprint density at radius 2 is 2.11 bits per heavy atom. The Morgan fingerprint density at radius 3 is 2.83 bits per heavy atom. The zero-order valence-corrected chi connectivity index (χ0v) is 11.1. The lowest BCUT2D eigenvalue weighted by Crippen LogP contribution is -2.61. The highest BCUT2D eigenvalue weighted by atomic mass is 15.6. The lowest BCUT2D eigenvalue weighted by atomic mass is 9.79. The van der Waals surface area contributed by atoms with Gasteiger partial charge < -0.3 is 5.32 Å². The molecule has 3 rings (SSSR count). The van der Waals surface area contributed by atoms with Gasteiger partial charge in [-0.05, 0) is 18.1 Å². The lowest BCUT2D eigenvalue weighted by molar-refractivity contribution is 0.0188. The number of nitrogens with one attached hydrogen (secondary N) is 1. The highest BCUT2D eigenvalue weighted by Gasteiger charge is 2.39. The van der Waals surface area contributed by atoms with E-state index in [2.05, 4.69) is 25.6 Å². The first-order valence-corrected chi connectivity index (χ1v) is 6.97. The number of aromatic nitrogens is 4. The lowest BCUT2D eigenvalue weighted by Gasteiger charge is -2.49. The summed E-state index contributed by atoms with van der Waals surface area (Å²) in [5.74, 6) is 0.851. The van der Waals surface area contributed by atoms with E-state index in [1.165, 1.54) is 32.1 Å². The molecule has 6 nitrogen and oxygen atoms in total. The molecular weight excluding hydrogens is 228 g/mol. The van der Waals surface area contributed by atoms with E-state index in [1.54, 1.807) is 4.80 Å². The van der Waals surface area contributed by atoms with Crippen LogP contribution >= 0.6 is 0 Å². The van der Waals surface area contributed by atoms with Crippen molar-refractivity contribution in [2.75, 3.05) is 19.6 Å². The normalized spacial score (nSPS) is 24.5. The summed E-state index contributed by atoms with van der Waals surface area (Å²) in [4.78, 5) is 4.13. The first-order chi connectivity index (χ1) is 8.78. The van der Waals surface area contributed by atoms with Crippen molar-refractivity contribution in [2.24, 2.45) is 7.05 Å². The Hall–Kier alpha value is -1.01. The third-order valence-electron chi connectivity index (χ3n) is 4.35. The molecule has 0 atom stereocenters. The van der Waals surface area contributed by atoms with Crippen LogP contribution in [-0.4, -0.2) is 50.3 Å². The van der Waals surface area contributed by atoms with Crippen molar-refractivity contribution in [2.45, 2.75) is 44.2 Å². The van der Waals surface area contributed by atoms with E-state index in [0.717, 1.165) is 32.0 Å². The summed E-state index contributed by atoms with van der Waals surface area (Å²) in [5, 5.41) is 15.9. The van der Waals surface area contributed by atoms with Crippen LogP contribution in [0.2, 0.25) is 0 Å². The monoisotopic (exact) mass is 250 g/mol. The van der Waals surface area contributed by atoms with Gasteiger partial charge in [0.15, 0.2) is 5.82 Å². The molecule has 1 aromatic rings. The van der Waals surface area contributed by atoms with E-state index in [0.29, 0.717) is 5.54 Å². The summed E-state index contributed by atoms with van der Waals surface area (Å²) in [6.45, 7) is 4.13. The summed E-state index contributed by atoms with van der Waals surface area (Å²) in [6, 6.07) is 0. The van der Waals surface area contributed by atoms with Crippen molar-refractivity contribution in [1.29, 1.82) is 0 Å². The molecule has 0 aromatic carbocycles. The summed E-state index contributed by atoms with van der Waals surface area (Å²) in [5.41, 5.74) is 0.343. The van der Waals surface area contributed by atoms with Gasteiger partial charge in [-0.1, -0.05) is 19.3 Å². The SMILES string of the molecule is Cn1nnc(CN2CCNCC23CCCCC3)n1. The number of rotatable bonds is 2. The van der Waals surface area contributed by atoms with E-state index >= 15 is 0 Å². The zero-order chi connectivity index (χ0) is 12.4. The largest absolute Gasteiger partial charge is 0.314 e. The molecule has 1 saturated carbocycles. The fourth-order valence-electron chi connectivity index (χ4n) is 3.39. The van der Waals surface area contributed by atoms with Crippen LogP contribution in [0.1, 0.15) is 37.9 Å². The van der Waals surface area contributed by atoms with Gasteiger partial charge in [0.2, 0.25) is 0 Å². The Labute approximate surface area is 108 Å². The van der Waals surface area contributed by atoms with Crippen LogP contribution in [0.3, 0.4) is 0 Å². The molecule has 1 aliphatic carbocycles. The maximum Gasteiger partial charge on any atom is 0.188 e. The van der Waals surface area contributed by atoms with Gasteiger partial charge in [0.1, 0.15) is 0 Å². The van der Waals surface area contributed by atoms with Crippen molar-refractivity contribution in [3.63, 3.8) is 0 Å². The Kier molecular flexibility index (Phi) is 3.30. The predicted molar refractivity (Wildman–Crippen MR) is 67.9 cm³/mol. The Morgan fingerprint density at radius 1 is 1.28 bits per heavy atom. The van der Waals surface area contributed by atoms with Crippen LogP contribution in [-0.2, 0) is 13.6 Å². The van der Waals surface area contributed by atoms with Crippen LogP contribution < -0.4 is 5.32 Å². The van der Waals surface area contributed by atoms with Gasteiger partial charge in [0, 0.05) is 25.2 Å². The third kappa shape index (κ3) is 2.27. The van der Waals surface area contributed by atoms with Gasteiger partial charge in [0.25, 0.3) is 0 Å². The average molecular weight is 250 g/mol. The zero-order valence-electron chi connectivity index (χ0n) is 11.1. The number of nitrogens with zero attached hydrogens (tertiary/aromatic N) is 5. The molecule has 0 unspecified atom stereocenters. The third-order valence-corrected chi connectivity index (χ3v) is 4.35. The molecule has 1 N–H and O–H groups in total. The number of hydrogen-bond donors (Lipinski definition) is 1. The van der Waals surface area contributed by atoms with E-state index < -0.39 is 0 Å². The molecule has 100 valence electrons. The first-order valence-electron chi connectivity index (χ1n) is 6.97. The molecule has 1 aromatic heterocycles. The van der Waals surface area contributed by atoms with Crippen molar-refractivity contribution >= 4 is 0 Å².